The van der Waals surface area contributed by atoms with Gasteiger partial charge in [0.25, 0.3) is 0 Å². The second-order valence-corrected chi connectivity index (χ2v) is 6.45. The summed E-state index contributed by atoms with van der Waals surface area (Å²) in [5, 5.41) is 0. The molecule has 2 atom stereocenters. The van der Waals surface area contributed by atoms with Crippen molar-refractivity contribution in [2.75, 3.05) is 13.7 Å². The minimum atomic E-state index is -0.420. The number of ether oxygens (including phenoxy) is 2. The molecule has 1 saturated heterocycles. The van der Waals surface area contributed by atoms with E-state index in [0.29, 0.717) is 19.1 Å². The van der Waals surface area contributed by atoms with Crippen molar-refractivity contribution in [3.8, 4) is 0 Å². The molecule has 132 valence electrons. The zero-order chi connectivity index (χ0) is 17.5. The molecule has 2 aromatic rings. The molecule has 2 aromatic carbocycles. The van der Waals surface area contributed by atoms with E-state index in [-0.39, 0.29) is 5.97 Å². The number of hydrogen-bond acceptors (Lipinski definition) is 4. The number of carbonyl (C=O) groups is 1. The zero-order valence-electron chi connectivity index (χ0n) is 14.6. The summed E-state index contributed by atoms with van der Waals surface area (Å²) in [4.78, 5) is 14.1. The molecule has 0 radical (unpaired) electrons. The average molecular weight is 339 g/mol. The molecule has 0 aromatic heterocycles. The van der Waals surface area contributed by atoms with Gasteiger partial charge in [-0.1, -0.05) is 60.7 Å². The molecule has 1 aliphatic heterocycles. The summed E-state index contributed by atoms with van der Waals surface area (Å²) in [6, 6.07) is 21.3. The van der Waals surface area contributed by atoms with Gasteiger partial charge in [-0.25, -0.2) is 4.79 Å². The van der Waals surface area contributed by atoms with Crippen LogP contribution in [0.3, 0.4) is 0 Å². The van der Waals surface area contributed by atoms with Gasteiger partial charge >= 0.3 is 5.97 Å². The third-order valence-corrected chi connectivity index (χ3v) is 4.69. The molecule has 4 nitrogen and oxygen atoms in total. The van der Waals surface area contributed by atoms with Crippen LogP contribution >= 0.6 is 0 Å². The Balaban J connectivity index is 1.69. The maximum Gasteiger partial charge on any atom is 0.334 e. The van der Waals surface area contributed by atoms with Crippen molar-refractivity contribution in [3.05, 3.63) is 71.8 Å². The summed E-state index contributed by atoms with van der Waals surface area (Å²) in [5.74, 6) is -0.267. The lowest BCUT2D eigenvalue weighted by molar-refractivity contribution is -0.159. The molecule has 0 amide bonds. The lowest BCUT2D eigenvalue weighted by Gasteiger charge is -2.36. The minimum absolute atomic E-state index is 0.267. The summed E-state index contributed by atoms with van der Waals surface area (Å²) in [6.45, 7) is 2.29. The Hall–Kier alpha value is -2.17. The third-order valence-electron chi connectivity index (χ3n) is 4.69. The van der Waals surface area contributed by atoms with Crippen molar-refractivity contribution in [1.29, 1.82) is 0 Å². The largest absolute Gasteiger partial charge is 0.467 e. The number of nitrogens with zero attached hydrogens (tertiary/aromatic N) is 1. The first-order valence-electron chi connectivity index (χ1n) is 8.77. The van der Waals surface area contributed by atoms with Gasteiger partial charge in [-0.3, -0.25) is 4.90 Å². The molecule has 25 heavy (non-hydrogen) atoms. The molecule has 0 saturated carbocycles. The fraction of sp³-hybridized carbons (Fsp3) is 0.381. The second-order valence-electron chi connectivity index (χ2n) is 6.45. The Morgan fingerprint density at radius 1 is 1.00 bits per heavy atom. The lowest BCUT2D eigenvalue weighted by Crippen LogP contribution is -2.44. The monoisotopic (exact) mass is 339 g/mol. The molecule has 1 fully saturated rings. The molecular weight excluding hydrogens is 314 g/mol. The van der Waals surface area contributed by atoms with Crippen LogP contribution in [0.25, 0.3) is 0 Å². The van der Waals surface area contributed by atoms with Crippen molar-refractivity contribution in [2.45, 2.75) is 38.1 Å². The summed E-state index contributed by atoms with van der Waals surface area (Å²) >= 11 is 0. The summed E-state index contributed by atoms with van der Waals surface area (Å²) < 4.78 is 10.6. The molecule has 0 aliphatic carbocycles. The van der Waals surface area contributed by atoms with Crippen LogP contribution in [0, 0.1) is 0 Å². The maximum atomic E-state index is 11.7. The fourth-order valence-electron chi connectivity index (χ4n) is 3.29. The van der Waals surface area contributed by atoms with E-state index in [1.807, 2.05) is 12.1 Å². The van der Waals surface area contributed by atoms with Gasteiger partial charge < -0.3 is 9.47 Å². The van der Waals surface area contributed by atoms with E-state index in [1.165, 1.54) is 18.2 Å². The van der Waals surface area contributed by atoms with E-state index >= 15 is 0 Å². The molecule has 4 heteroatoms. The van der Waals surface area contributed by atoms with Crippen LogP contribution in [0.1, 0.15) is 24.0 Å². The van der Waals surface area contributed by atoms with Gasteiger partial charge in [-0.05, 0) is 24.0 Å². The van der Waals surface area contributed by atoms with Gasteiger partial charge in [0, 0.05) is 19.1 Å². The molecule has 0 bridgehead atoms. The zero-order valence-corrected chi connectivity index (χ0v) is 14.6. The maximum absolute atomic E-state index is 11.7. The van der Waals surface area contributed by atoms with E-state index in [1.54, 1.807) is 0 Å². The van der Waals surface area contributed by atoms with Gasteiger partial charge in [-0.15, -0.1) is 0 Å². The van der Waals surface area contributed by atoms with Crippen molar-refractivity contribution in [2.24, 2.45) is 0 Å². The highest BCUT2D eigenvalue weighted by Crippen LogP contribution is 2.23. The van der Waals surface area contributed by atoms with Crippen molar-refractivity contribution >= 4 is 5.97 Å². The number of rotatable bonds is 6. The highest BCUT2D eigenvalue weighted by atomic mass is 16.6. The van der Waals surface area contributed by atoms with E-state index in [0.717, 1.165) is 19.5 Å². The topological polar surface area (TPSA) is 38.8 Å². The number of hydrogen-bond donors (Lipinski definition) is 0. The molecule has 0 N–H and O–H groups in total. The Bertz CT molecular complexity index is 610. The van der Waals surface area contributed by atoms with Crippen molar-refractivity contribution in [3.63, 3.8) is 0 Å². The summed E-state index contributed by atoms with van der Waals surface area (Å²) in [7, 11) is 1.41. The number of benzene rings is 2. The third kappa shape index (κ3) is 4.91. The summed E-state index contributed by atoms with van der Waals surface area (Å²) in [6.07, 6.45) is 1.22. The van der Waals surface area contributed by atoms with Crippen LogP contribution in [-0.2, 0) is 27.4 Å². The molecule has 1 aliphatic rings. The first-order valence-corrected chi connectivity index (χ1v) is 8.77. The first-order chi connectivity index (χ1) is 12.3. The highest BCUT2D eigenvalue weighted by molar-refractivity contribution is 5.74. The Morgan fingerprint density at radius 2 is 1.56 bits per heavy atom. The van der Waals surface area contributed by atoms with Crippen LogP contribution in [-0.4, -0.2) is 36.7 Å². The van der Waals surface area contributed by atoms with Crippen LogP contribution < -0.4 is 0 Å². The quantitative estimate of drug-likeness (QED) is 0.756. The van der Waals surface area contributed by atoms with Gasteiger partial charge in [0.1, 0.15) is 0 Å². The molecule has 0 spiro atoms. The minimum Gasteiger partial charge on any atom is -0.467 e. The molecule has 1 heterocycles. The van der Waals surface area contributed by atoms with Gasteiger partial charge in [-0.2, -0.15) is 0 Å². The van der Waals surface area contributed by atoms with Gasteiger partial charge in [0.15, 0.2) is 6.10 Å². The molecular formula is C21H25NO3. The smallest absolute Gasteiger partial charge is 0.334 e. The average Bonchev–Trinajstić information content (AvgIpc) is 2.68. The van der Waals surface area contributed by atoms with E-state index < -0.39 is 6.10 Å². The normalized spacial score (nSPS) is 20.4. The van der Waals surface area contributed by atoms with Crippen LogP contribution in [0.2, 0.25) is 0 Å². The number of carbonyl (C=O) groups excluding carboxylic acids is 1. The second kappa shape index (κ2) is 8.79. The van der Waals surface area contributed by atoms with Gasteiger partial charge in [0.05, 0.1) is 13.7 Å². The lowest BCUT2D eigenvalue weighted by atomic mass is 10.0. The van der Waals surface area contributed by atoms with E-state index in [9.17, 15) is 4.79 Å². The standard InChI is InChI=1S/C21H25NO3/c1-24-21(23)20-13-12-19(16-25-20)22(14-17-8-4-2-5-9-17)15-18-10-6-3-7-11-18/h2-11,19-20H,12-16H2,1H3/t19-,20+/m1/s1. The fourth-order valence-corrected chi connectivity index (χ4v) is 3.29. The number of methoxy groups -OCH3 is 1. The van der Waals surface area contributed by atoms with E-state index in [2.05, 4.69) is 53.4 Å². The Labute approximate surface area is 149 Å². The van der Waals surface area contributed by atoms with Crippen LogP contribution in [0.4, 0.5) is 0 Å². The summed E-state index contributed by atoms with van der Waals surface area (Å²) in [5.41, 5.74) is 2.57. The predicted octanol–water partition coefficient (Wildman–Crippen LogP) is 3.41. The highest BCUT2D eigenvalue weighted by Gasteiger charge is 2.30. The molecule has 0 unspecified atom stereocenters. The van der Waals surface area contributed by atoms with Crippen LogP contribution in [0.5, 0.6) is 0 Å². The Kier molecular flexibility index (Phi) is 6.20. The van der Waals surface area contributed by atoms with Crippen molar-refractivity contribution in [1.82, 2.24) is 4.90 Å². The molecule has 3 rings (SSSR count). The van der Waals surface area contributed by atoms with Crippen LogP contribution in [0.15, 0.2) is 60.7 Å². The SMILES string of the molecule is COC(=O)[C@@H]1CC[C@@H](N(Cc2ccccc2)Cc2ccccc2)CO1. The van der Waals surface area contributed by atoms with Gasteiger partial charge in [0.2, 0.25) is 0 Å². The van der Waals surface area contributed by atoms with E-state index in [4.69, 9.17) is 9.47 Å². The predicted molar refractivity (Wildman–Crippen MR) is 96.9 cm³/mol. The number of esters is 1. The Morgan fingerprint density at radius 3 is 2.00 bits per heavy atom. The first kappa shape index (κ1) is 17.6. The van der Waals surface area contributed by atoms with Crippen molar-refractivity contribution < 1.29 is 14.3 Å².